The van der Waals surface area contributed by atoms with Crippen molar-refractivity contribution in [3.8, 4) is 0 Å². The highest BCUT2D eigenvalue weighted by atomic mass is 16.5. The van der Waals surface area contributed by atoms with E-state index in [4.69, 9.17) is 15.3 Å². The van der Waals surface area contributed by atoms with Crippen LogP contribution >= 0.6 is 0 Å². The third-order valence-corrected chi connectivity index (χ3v) is 1.56. The van der Waals surface area contributed by atoms with Crippen LogP contribution < -0.4 is 0 Å². The molecular formula is C8H14O4. The lowest BCUT2D eigenvalue weighted by molar-refractivity contribution is -0.133. The minimum absolute atomic E-state index is 0.214. The van der Waals surface area contributed by atoms with Gasteiger partial charge < -0.3 is 15.3 Å². The smallest absolute Gasteiger partial charge is 0.338 e. The quantitative estimate of drug-likeness (QED) is 0.338. The van der Waals surface area contributed by atoms with Crippen molar-refractivity contribution < 1.29 is 20.1 Å². The number of hydrogen-bond acceptors (Lipinski definition) is 3. The van der Waals surface area contributed by atoms with Gasteiger partial charge in [0, 0.05) is 0 Å². The van der Waals surface area contributed by atoms with Gasteiger partial charge >= 0.3 is 5.97 Å². The van der Waals surface area contributed by atoms with Crippen LogP contribution in [0.25, 0.3) is 0 Å². The molecule has 0 fully saturated rings. The highest BCUT2D eigenvalue weighted by Crippen LogP contribution is 2.10. The molecule has 0 spiro atoms. The van der Waals surface area contributed by atoms with Crippen molar-refractivity contribution in [1.82, 2.24) is 0 Å². The van der Waals surface area contributed by atoms with Gasteiger partial charge in [0.25, 0.3) is 5.95 Å². The zero-order chi connectivity index (χ0) is 9.56. The minimum Gasteiger partial charge on any atom is -0.481 e. The first-order valence-electron chi connectivity index (χ1n) is 3.94. The second-order valence-corrected chi connectivity index (χ2v) is 2.56. The Morgan fingerprint density at radius 1 is 1.17 bits per heavy atom. The highest BCUT2D eigenvalue weighted by molar-refractivity contribution is 5.86. The number of unbranched alkanes of at least 4 members (excludes halogenated alkanes) is 2. The zero-order valence-corrected chi connectivity index (χ0v) is 7.08. The standard InChI is InChI=1S/C8H14O4/c1-2-3-4-5-6(7(9)10)8(11)12/h9-10H,2-5H2,1H3,(H,11,12). The van der Waals surface area contributed by atoms with E-state index in [-0.39, 0.29) is 12.0 Å². The molecule has 70 valence electrons. The van der Waals surface area contributed by atoms with Crippen LogP contribution in [-0.4, -0.2) is 21.3 Å². The van der Waals surface area contributed by atoms with Crippen LogP contribution in [0.1, 0.15) is 32.6 Å². The normalized spacial score (nSPS) is 9.42. The number of carbonyl (C=O) groups is 1. The molecule has 3 N–H and O–H groups in total. The van der Waals surface area contributed by atoms with E-state index in [0.29, 0.717) is 6.42 Å². The summed E-state index contributed by atoms with van der Waals surface area (Å²) in [5.41, 5.74) is -0.302. The minimum atomic E-state index is -1.26. The Bertz CT molecular complexity index is 179. The number of carboxylic acids is 1. The molecule has 0 rings (SSSR count). The maximum absolute atomic E-state index is 10.4. The lowest BCUT2D eigenvalue weighted by Crippen LogP contribution is -2.04. The number of aliphatic carboxylic acids is 1. The van der Waals surface area contributed by atoms with E-state index in [1.807, 2.05) is 6.92 Å². The predicted molar refractivity (Wildman–Crippen MR) is 44.1 cm³/mol. The van der Waals surface area contributed by atoms with Crippen LogP contribution in [0.15, 0.2) is 11.5 Å². The van der Waals surface area contributed by atoms with Gasteiger partial charge in [0.15, 0.2) is 0 Å². The number of aliphatic hydroxyl groups excluding tert-OH is 1. The molecule has 12 heavy (non-hydrogen) atoms. The molecule has 4 nitrogen and oxygen atoms in total. The van der Waals surface area contributed by atoms with Gasteiger partial charge in [-0.25, -0.2) is 4.79 Å². The molecule has 0 aliphatic rings. The summed E-state index contributed by atoms with van der Waals surface area (Å²) in [4.78, 5) is 10.4. The molecule has 0 amide bonds. The van der Waals surface area contributed by atoms with Crippen LogP contribution in [-0.2, 0) is 4.79 Å². The molecule has 0 aliphatic heterocycles. The van der Waals surface area contributed by atoms with Crippen LogP contribution in [0.2, 0.25) is 0 Å². The topological polar surface area (TPSA) is 77.8 Å². The Kier molecular flexibility index (Phi) is 4.92. The van der Waals surface area contributed by atoms with Crippen molar-refractivity contribution in [3.05, 3.63) is 11.5 Å². The Morgan fingerprint density at radius 3 is 2.08 bits per heavy atom. The first kappa shape index (κ1) is 10.8. The van der Waals surface area contributed by atoms with Gasteiger partial charge in [-0.1, -0.05) is 19.8 Å². The van der Waals surface area contributed by atoms with Crippen LogP contribution in [0.3, 0.4) is 0 Å². The monoisotopic (exact) mass is 174 g/mol. The first-order chi connectivity index (χ1) is 5.59. The summed E-state index contributed by atoms with van der Waals surface area (Å²) in [6.45, 7) is 1.99. The van der Waals surface area contributed by atoms with E-state index < -0.39 is 11.9 Å². The van der Waals surface area contributed by atoms with Gasteiger partial charge in [-0.2, -0.15) is 0 Å². The molecule has 0 heterocycles. The van der Waals surface area contributed by atoms with E-state index in [0.717, 1.165) is 12.8 Å². The van der Waals surface area contributed by atoms with E-state index in [2.05, 4.69) is 0 Å². The van der Waals surface area contributed by atoms with Crippen molar-refractivity contribution in [2.75, 3.05) is 0 Å². The fourth-order valence-corrected chi connectivity index (χ4v) is 0.866. The molecule has 4 heteroatoms. The molecule has 0 aromatic heterocycles. The summed E-state index contributed by atoms with van der Waals surface area (Å²) in [5, 5.41) is 25.5. The largest absolute Gasteiger partial charge is 0.481 e. The number of hydrogen-bond donors (Lipinski definition) is 3. The van der Waals surface area contributed by atoms with Gasteiger partial charge in [-0.15, -0.1) is 0 Å². The maximum atomic E-state index is 10.4. The maximum Gasteiger partial charge on any atom is 0.338 e. The summed E-state index contributed by atoms with van der Waals surface area (Å²) < 4.78 is 0. The predicted octanol–water partition coefficient (Wildman–Crippen LogP) is 1.98. The fourth-order valence-electron chi connectivity index (χ4n) is 0.866. The van der Waals surface area contributed by atoms with E-state index in [1.165, 1.54) is 0 Å². The van der Waals surface area contributed by atoms with Gasteiger partial charge in [0.05, 0.1) is 0 Å². The van der Waals surface area contributed by atoms with Crippen molar-refractivity contribution >= 4 is 5.97 Å². The zero-order valence-electron chi connectivity index (χ0n) is 7.08. The number of rotatable bonds is 5. The Morgan fingerprint density at radius 2 is 1.75 bits per heavy atom. The molecule has 0 radical (unpaired) electrons. The lowest BCUT2D eigenvalue weighted by Gasteiger charge is -2.00. The molecule has 0 atom stereocenters. The van der Waals surface area contributed by atoms with Gasteiger partial charge in [-0.3, -0.25) is 0 Å². The molecular weight excluding hydrogens is 160 g/mol. The van der Waals surface area contributed by atoms with Crippen molar-refractivity contribution in [2.24, 2.45) is 0 Å². The highest BCUT2D eigenvalue weighted by Gasteiger charge is 2.12. The first-order valence-corrected chi connectivity index (χ1v) is 3.94. The van der Waals surface area contributed by atoms with E-state index in [1.54, 1.807) is 0 Å². The summed E-state index contributed by atoms with van der Waals surface area (Å²) in [7, 11) is 0. The number of aliphatic hydroxyl groups is 2. The van der Waals surface area contributed by atoms with E-state index in [9.17, 15) is 4.79 Å². The Balaban J connectivity index is 4.00. The third kappa shape index (κ3) is 3.85. The van der Waals surface area contributed by atoms with Crippen molar-refractivity contribution in [2.45, 2.75) is 32.6 Å². The molecule has 0 aliphatic carbocycles. The average Bonchev–Trinajstić information content (AvgIpc) is 1.96. The second kappa shape index (κ2) is 5.46. The summed E-state index contributed by atoms with van der Waals surface area (Å²) >= 11 is 0. The summed E-state index contributed by atoms with van der Waals surface area (Å²) in [6.07, 6.45) is 2.75. The van der Waals surface area contributed by atoms with E-state index >= 15 is 0 Å². The summed E-state index contributed by atoms with van der Waals surface area (Å²) in [5.74, 6) is -2.33. The van der Waals surface area contributed by atoms with Crippen LogP contribution in [0.4, 0.5) is 0 Å². The molecule has 0 saturated carbocycles. The Labute approximate surface area is 71.1 Å². The SMILES string of the molecule is CCCCCC(C(=O)O)=C(O)O. The van der Waals surface area contributed by atoms with Gasteiger partial charge in [-0.05, 0) is 12.8 Å². The average molecular weight is 174 g/mol. The van der Waals surface area contributed by atoms with Gasteiger partial charge in [0.2, 0.25) is 0 Å². The number of carboxylic acid groups (broad SMARTS) is 1. The second-order valence-electron chi connectivity index (χ2n) is 2.56. The van der Waals surface area contributed by atoms with Crippen LogP contribution in [0, 0.1) is 0 Å². The fraction of sp³-hybridized carbons (Fsp3) is 0.625. The molecule has 0 bridgehead atoms. The van der Waals surface area contributed by atoms with Crippen molar-refractivity contribution in [3.63, 3.8) is 0 Å². The van der Waals surface area contributed by atoms with Crippen LogP contribution in [0.5, 0.6) is 0 Å². The molecule has 0 saturated heterocycles. The molecule has 0 aromatic carbocycles. The molecule has 0 unspecified atom stereocenters. The van der Waals surface area contributed by atoms with Crippen molar-refractivity contribution in [1.29, 1.82) is 0 Å². The third-order valence-electron chi connectivity index (χ3n) is 1.56. The summed E-state index contributed by atoms with van der Waals surface area (Å²) in [6, 6.07) is 0. The molecule has 0 aromatic rings. The lowest BCUT2D eigenvalue weighted by atomic mass is 10.1. The Hall–Kier alpha value is -1.19. The van der Waals surface area contributed by atoms with Gasteiger partial charge in [0.1, 0.15) is 5.57 Å².